The van der Waals surface area contributed by atoms with Crippen LogP contribution in [0.3, 0.4) is 0 Å². The number of carbonyl (C=O) groups excluding carboxylic acids is 2. The van der Waals surface area contributed by atoms with Gasteiger partial charge in [0.1, 0.15) is 12.6 Å². The lowest BCUT2D eigenvalue weighted by atomic mass is 10.0. The second kappa shape index (κ2) is 11.9. The van der Waals surface area contributed by atoms with Crippen LogP contribution in [0.5, 0.6) is 0 Å². The first kappa shape index (κ1) is 27.7. The fraction of sp³-hybridized carbons (Fsp3) is 0.500. The van der Waals surface area contributed by atoms with Crippen molar-refractivity contribution in [2.75, 3.05) is 17.1 Å². The van der Waals surface area contributed by atoms with E-state index in [4.69, 9.17) is 0 Å². The smallest absolute Gasteiger partial charge is 0.244 e. The van der Waals surface area contributed by atoms with Crippen molar-refractivity contribution in [3.63, 3.8) is 0 Å². The Bertz CT molecular complexity index is 1170. The third-order valence-corrected chi connectivity index (χ3v) is 7.94. The zero-order valence-corrected chi connectivity index (χ0v) is 22.8. The molecule has 0 spiro atoms. The molecule has 1 saturated carbocycles. The zero-order valence-electron chi connectivity index (χ0n) is 22.0. The number of nitrogens with one attached hydrogen (secondary N) is 1. The van der Waals surface area contributed by atoms with Crippen LogP contribution < -0.4 is 9.62 Å². The standard InChI is InChI=1S/C28H39N3O4S/c1-20(2)25-15-8-9-16-26(25)31(36(5,34)35)19-27(32)30(18-23-12-10-11-21(3)17-23)22(4)28(33)29-24-13-6-7-14-24/h8-12,15-17,20,22,24H,6-7,13-14,18-19H2,1-5H3,(H,29,33). The van der Waals surface area contributed by atoms with Gasteiger partial charge in [-0.2, -0.15) is 0 Å². The molecule has 1 N–H and O–H groups in total. The van der Waals surface area contributed by atoms with Gasteiger partial charge < -0.3 is 10.2 Å². The molecule has 36 heavy (non-hydrogen) atoms. The summed E-state index contributed by atoms with van der Waals surface area (Å²) in [6, 6.07) is 14.4. The fourth-order valence-corrected chi connectivity index (χ4v) is 5.65. The minimum atomic E-state index is -3.76. The number of hydrogen-bond acceptors (Lipinski definition) is 4. The quantitative estimate of drug-likeness (QED) is 0.511. The van der Waals surface area contributed by atoms with Gasteiger partial charge in [-0.05, 0) is 49.8 Å². The molecular formula is C28H39N3O4S. The number of anilines is 1. The van der Waals surface area contributed by atoms with E-state index in [2.05, 4.69) is 5.32 Å². The van der Waals surface area contributed by atoms with Gasteiger partial charge in [-0.15, -0.1) is 0 Å². The molecular weight excluding hydrogens is 474 g/mol. The highest BCUT2D eigenvalue weighted by atomic mass is 32.2. The van der Waals surface area contributed by atoms with Crippen molar-refractivity contribution in [3.8, 4) is 0 Å². The lowest BCUT2D eigenvalue weighted by Gasteiger charge is -2.33. The molecule has 2 aromatic carbocycles. The van der Waals surface area contributed by atoms with E-state index in [1.807, 2.05) is 57.2 Å². The number of hydrogen-bond donors (Lipinski definition) is 1. The number of carbonyl (C=O) groups is 2. The Morgan fingerprint density at radius 1 is 1.03 bits per heavy atom. The van der Waals surface area contributed by atoms with Crippen molar-refractivity contribution in [3.05, 3.63) is 65.2 Å². The fourth-order valence-electron chi connectivity index (χ4n) is 4.78. The molecule has 0 heterocycles. The van der Waals surface area contributed by atoms with Gasteiger partial charge in [0, 0.05) is 12.6 Å². The Balaban J connectivity index is 1.93. The molecule has 2 amide bonds. The zero-order chi connectivity index (χ0) is 26.5. The summed E-state index contributed by atoms with van der Waals surface area (Å²) in [6.07, 6.45) is 5.17. The number of nitrogens with zero attached hydrogens (tertiary/aromatic N) is 2. The Hall–Kier alpha value is -2.87. The van der Waals surface area contributed by atoms with Crippen LogP contribution in [0.25, 0.3) is 0 Å². The Morgan fingerprint density at radius 2 is 1.69 bits per heavy atom. The van der Waals surface area contributed by atoms with Gasteiger partial charge in [-0.3, -0.25) is 13.9 Å². The van der Waals surface area contributed by atoms with Crippen LogP contribution in [0, 0.1) is 6.92 Å². The highest BCUT2D eigenvalue weighted by Crippen LogP contribution is 2.29. The van der Waals surface area contributed by atoms with E-state index in [-0.39, 0.29) is 31.0 Å². The van der Waals surface area contributed by atoms with E-state index in [1.54, 1.807) is 19.1 Å². The summed E-state index contributed by atoms with van der Waals surface area (Å²) in [7, 11) is -3.76. The maximum atomic E-state index is 13.8. The summed E-state index contributed by atoms with van der Waals surface area (Å²) in [4.78, 5) is 28.4. The van der Waals surface area contributed by atoms with E-state index in [0.29, 0.717) is 5.69 Å². The van der Waals surface area contributed by atoms with Crippen LogP contribution in [-0.4, -0.2) is 50.0 Å². The predicted molar refractivity (Wildman–Crippen MR) is 144 cm³/mol. The second-order valence-corrected chi connectivity index (χ2v) is 12.1. The van der Waals surface area contributed by atoms with Crippen LogP contribution in [0.15, 0.2) is 48.5 Å². The lowest BCUT2D eigenvalue weighted by Crippen LogP contribution is -2.52. The summed E-state index contributed by atoms with van der Waals surface area (Å²) in [5.74, 6) is -0.564. The van der Waals surface area contributed by atoms with E-state index in [9.17, 15) is 18.0 Å². The van der Waals surface area contributed by atoms with Crippen molar-refractivity contribution in [2.24, 2.45) is 0 Å². The predicted octanol–water partition coefficient (Wildman–Crippen LogP) is 4.36. The first-order valence-corrected chi connectivity index (χ1v) is 14.5. The Morgan fingerprint density at radius 3 is 2.31 bits per heavy atom. The van der Waals surface area contributed by atoms with E-state index < -0.39 is 22.0 Å². The molecule has 2 aromatic rings. The number of aryl methyl sites for hydroxylation is 1. The SMILES string of the molecule is Cc1cccc(CN(C(=O)CN(c2ccccc2C(C)C)S(C)(=O)=O)C(C)C(=O)NC2CCCC2)c1. The van der Waals surface area contributed by atoms with Crippen LogP contribution in [0.2, 0.25) is 0 Å². The number of para-hydroxylation sites is 1. The first-order valence-electron chi connectivity index (χ1n) is 12.7. The minimum Gasteiger partial charge on any atom is -0.352 e. The third kappa shape index (κ3) is 7.09. The molecule has 3 rings (SSSR count). The van der Waals surface area contributed by atoms with Crippen LogP contribution >= 0.6 is 0 Å². The monoisotopic (exact) mass is 513 g/mol. The van der Waals surface area contributed by atoms with Gasteiger partial charge in [0.25, 0.3) is 0 Å². The molecule has 0 aromatic heterocycles. The highest BCUT2D eigenvalue weighted by Gasteiger charge is 2.32. The lowest BCUT2D eigenvalue weighted by molar-refractivity contribution is -0.139. The second-order valence-electron chi connectivity index (χ2n) is 10.2. The summed E-state index contributed by atoms with van der Waals surface area (Å²) in [6.45, 7) is 7.49. The van der Waals surface area contributed by atoms with Crippen LogP contribution in [0.4, 0.5) is 5.69 Å². The molecule has 0 radical (unpaired) electrons. The molecule has 1 fully saturated rings. The minimum absolute atomic E-state index is 0.0695. The average molecular weight is 514 g/mol. The molecule has 0 aliphatic heterocycles. The normalized spacial score (nSPS) is 15.1. The summed E-state index contributed by atoms with van der Waals surface area (Å²) >= 11 is 0. The molecule has 0 bridgehead atoms. The number of sulfonamides is 1. The topological polar surface area (TPSA) is 86.8 Å². The van der Waals surface area contributed by atoms with Gasteiger partial charge in [0.2, 0.25) is 21.8 Å². The largest absolute Gasteiger partial charge is 0.352 e. The van der Waals surface area contributed by atoms with Crippen molar-refractivity contribution in [1.82, 2.24) is 10.2 Å². The van der Waals surface area contributed by atoms with Gasteiger partial charge in [0.05, 0.1) is 11.9 Å². The summed E-state index contributed by atoms with van der Waals surface area (Å²) in [5.41, 5.74) is 3.26. The highest BCUT2D eigenvalue weighted by molar-refractivity contribution is 7.92. The Labute approximate surface area is 215 Å². The summed E-state index contributed by atoms with van der Waals surface area (Å²) < 4.78 is 26.9. The van der Waals surface area contributed by atoms with E-state index in [1.165, 1.54) is 4.90 Å². The van der Waals surface area contributed by atoms with Gasteiger partial charge >= 0.3 is 0 Å². The molecule has 8 heteroatoms. The average Bonchev–Trinajstić information content (AvgIpc) is 3.32. The van der Waals surface area contributed by atoms with E-state index >= 15 is 0 Å². The van der Waals surface area contributed by atoms with Crippen LogP contribution in [-0.2, 0) is 26.2 Å². The van der Waals surface area contributed by atoms with Crippen molar-refractivity contribution in [1.29, 1.82) is 0 Å². The molecule has 196 valence electrons. The number of amides is 2. The number of rotatable bonds is 10. The molecule has 1 aliphatic rings. The maximum absolute atomic E-state index is 13.8. The maximum Gasteiger partial charge on any atom is 0.244 e. The van der Waals surface area contributed by atoms with Crippen molar-refractivity contribution in [2.45, 2.75) is 77.9 Å². The third-order valence-electron chi connectivity index (χ3n) is 6.81. The van der Waals surface area contributed by atoms with Gasteiger partial charge in [-0.25, -0.2) is 8.42 Å². The first-order chi connectivity index (χ1) is 17.0. The molecule has 1 aliphatic carbocycles. The number of benzene rings is 2. The van der Waals surface area contributed by atoms with Crippen LogP contribution in [0.1, 0.15) is 69.1 Å². The van der Waals surface area contributed by atoms with E-state index in [0.717, 1.165) is 52.9 Å². The Kier molecular flexibility index (Phi) is 9.17. The molecule has 7 nitrogen and oxygen atoms in total. The summed E-state index contributed by atoms with van der Waals surface area (Å²) in [5, 5.41) is 3.09. The molecule has 1 unspecified atom stereocenters. The van der Waals surface area contributed by atoms with Crippen molar-refractivity contribution < 1.29 is 18.0 Å². The van der Waals surface area contributed by atoms with Gasteiger partial charge in [0.15, 0.2) is 0 Å². The van der Waals surface area contributed by atoms with Crippen molar-refractivity contribution >= 4 is 27.5 Å². The van der Waals surface area contributed by atoms with Gasteiger partial charge in [-0.1, -0.05) is 74.7 Å². The molecule has 1 atom stereocenters. The molecule has 0 saturated heterocycles.